The van der Waals surface area contributed by atoms with E-state index in [0.29, 0.717) is 22.2 Å². The number of thioether (sulfide) groups is 2. The van der Waals surface area contributed by atoms with Crippen molar-refractivity contribution in [2.24, 2.45) is 7.05 Å². The summed E-state index contributed by atoms with van der Waals surface area (Å²) in [7, 11) is 3.01. The minimum Gasteiger partial charge on any atom is -0.477 e. The summed E-state index contributed by atoms with van der Waals surface area (Å²) in [5.74, 6) is -1.55. The Morgan fingerprint density at radius 2 is 2.12 bits per heavy atom. The molecule has 1 saturated heterocycles. The van der Waals surface area contributed by atoms with Crippen molar-refractivity contribution in [3.05, 3.63) is 47.2 Å². The van der Waals surface area contributed by atoms with Crippen molar-refractivity contribution in [1.82, 2.24) is 30.4 Å². The number of carboxylic acids is 1. The monoisotopic (exact) mass is 476 g/mol. The highest BCUT2D eigenvalue weighted by Gasteiger charge is 2.66. The lowest BCUT2D eigenvalue weighted by molar-refractivity contribution is -0.192. The normalized spacial score (nSPS) is 22.4. The molecule has 1 aromatic carbocycles. The van der Waals surface area contributed by atoms with Gasteiger partial charge in [0.1, 0.15) is 11.1 Å². The van der Waals surface area contributed by atoms with Crippen LogP contribution in [-0.2, 0) is 32.6 Å². The van der Waals surface area contributed by atoms with Gasteiger partial charge in [-0.15, -0.1) is 16.9 Å². The van der Waals surface area contributed by atoms with Crippen molar-refractivity contribution >= 4 is 41.3 Å². The van der Waals surface area contributed by atoms with Crippen LogP contribution < -0.4 is 5.32 Å². The standard InChI is InChI=1S/C19H20N6O5S2/c1-24-18(21-22-23-24)32-10-12-9-31-17-19(30-2,16(29)25(17)14(12)15(27)28)20-13(26)8-11-6-4-3-5-7-11/h3-7,17H,8-10H2,1-2H3,(H,20,26)(H,27,28)/t17-,19?/m0/s1. The van der Waals surface area contributed by atoms with Gasteiger partial charge < -0.3 is 15.2 Å². The largest absolute Gasteiger partial charge is 0.477 e. The molecule has 0 aliphatic carbocycles. The summed E-state index contributed by atoms with van der Waals surface area (Å²) >= 11 is 2.62. The van der Waals surface area contributed by atoms with Gasteiger partial charge in [-0.25, -0.2) is 9.48 Å². The molecule has 2 N–H and O–H groups in total. The predicted molar refractivity (Wildman–Crippen MR) is 115 cm³/mol. The van der Waals surface area contributed by atoms with Crippen LogP contribution in [0.3, 0.4) is 0 Å². The summed E-state index contributed by atoms with van der Waals surface area (Å²) < 4.78 is 6.95. The van der Waals surface area contributed by atoms with Gasteiger partial charge in [-0.3, -0.25) is 14.5 Å². The van der Waals surface area contributed by atoms with Crippen LogP contribution in [0.15, 0.2) is 46.8 Å². The lowest BCUT2D eigenvalue weighted by Crippen LogP contribution is -2.80. The van der Waals surface area contributed by atoms with Crippen LogP contribution in [0, 0.1) is 0 Å². The van der Waals surface area contributed by atoms with Crippen LogP contribution in [0.25, 0.3) is 0 Å². The highest BCUT2D eigenvalue weighted by Crippen LogP contribution is 2.47. The van der Waals surface area contributed by atoms with Crippen molar-refractivity contribution in [1.29, 1.82) is 0 Å². The van der Waals surface area contributed by atoms with E-state index in [0.717, 1.165) is 5.56 Å². The van der Waals surface area contributed by atoms with Gasteiger partial charge in [0, 0.05) is 25.7 Å². The van der Waals surface area contributed by atoms with E-state index in [1.807, 2.05) is 30.3 Å². The van der Waals surface area contributed by atoms with Gasteiger partial charge in [-0.1, -0.05) is 42.1 Å². The number of aryl methyl sites for hydroxylation is 1. The Bertz CT molecular complexity index is 1090. The summed E-state index contributed by atoms with van der Waals surface area (Å²) in [5.41, 5.74) is -0.338. The molecule has 2 amide bonds. The molecule has 0 saturated carbocycles. The maximum absolute atomic E-state index is 13.1. The molecule has 4 rings (SSSR count). The molecule has 0 bridgehead atoms. The Morgan fingerprint density at radius 3 is 2.75 bits per heavy atom. The van der Waals surface area contributed by atoms with Gasteiger partial charge in [-0.2, -0.15) is 0 Å². The number of nitrogens with one attached hydrogen (secondary N) is 1. The Balaban J connectivity index is 1.52. The number of nitrogens with zero attached hydrogens (tertiary/aromatic N) is 5. The quantitative estimate of drug-likeness (QED) is 0.310. The zero-order chi connectivity index (χ0) is 22.9. The van der Waals surface area contributed by atoms with Crippen molar-refractivity contribution in [3.63, 3.8) is 0 Å². The van der Waals surface area contributed by atoms with E-state index in [1.54, 1.807) is 7.05 Å². The SMILES string of the molecule is COC1(NC(=O)Cc2ccccc2)C(=O)N2C(C(=O)O)=C(CSc3nnnn3C)CS[C@H]21. The number of ether oxygens (including phenoxy) is 1. The summed E-state index contributed by atoms with van der Waals surface area (Å²) in [6.45, 7) is 0. The van der Waals surface area contributed by atoms with Crippen molar-refractivity contribution in [2.75, 3.05) is 18.6 Å². The molecule has 1 aromatic heterocycles. The minimum absolute atomic E-state index is 0.0753. The Hall–Kier alpha value is -2.90. The van der Waals surface area contributed by atoms with Crippen LogP contribution in [0.1, 0.15) is 5.56 Å². The highest BCUT2D eigenvalue weighted by atomic mass is 32.2. The predicted octanol–water partition coefficient (Wildman–Crippen LogP) is 0.258. The molecule has 3 heterocycles. The zero-order valence-electron chi connectivity index (χ0n) is 17.2. The number of carbonyl (C=O) groups is 3. The van der Waals surface area contributed by atoms with Crippen LogP contribution in [-0.4, -0.2) is 77.7 Å². The zero-order valence-corrected chi connectivity index (χ0v) is 18.9. The minimum atomic E-state index is -1.61. The average molecular weight is 477 g/mol. The van der Waals surface area contributed by atoms with E-state index in [-0.39, 0.29) is 18.0 Å². The molecule has 13 heteroatoms. The van der Waals surface area contributed by atoms with Crippen molar-refractivity contribution in [3.8, 4) is 0 Å². The fraction of sp³-hybridized carbons (Fsp3) is 0.368. The molecule has 0 radical (unpaired) electrons. The molecule has 1 fully saturated rings. The molecular weight excluding hydrogens is 456 g/mol. The van der Waals surface area contributed by atoms with E-state index in [1.165, 1.54) is 40.2 Å². The molecule has 32 heavy (non-hydrogen) atoms. The molecule has 2 atom stereocenters. The number of methoxy groups -OCH3 is 1. The average Bonchev–Trinajstić information content (AvgIpc) is 3.20. The highest BCUT2D eigenvalue weighted by molar-refractivity contribution is 8.01. The third-order valence-corrected chi connectivity index (χ3v) is 7.59. The summed E-state index contributed by atoms with van der Waals surface area (Å²) in [4.78, 5) is 39.0. The maximum atomic E-state index is 13.1. The van der Waals surface area contributed by atoms with Gasteiger partial charge in [-0.05, 0) is 21.6 Å². The number of carboxylic acid groups (broad SMARTS) is 1. The second-order valence-electron chi connectivity index (χ2n) is 7.12. The first-order valence-electron chi connectivity index (χ1n) is 9.53. The number of carbonyl (C=O) groups excluding carboxylic acids is 2. The molecule has 0 spiro atoms. The molecule has 11 nitrogen and oxygen atoms in total. The van der Waals surface area contributed by atoms with Crippen molar-refractivity contribution < 1.29 is 24.2 Å². The van der Waals surface area contributed by atoms with Crippen LogP contribution >= 0.6 is 23.5 Å². The Kier molecular flexibility index (Phi) is 6.22. The van der Waals surface area contributed by atoms with Crippen LogP contribution in [0.5, 0.6) is 0 Å². The number of fused-ring (bicyclic) bond motifs is 1. The number of aromatic nitrogens is 4. The molecule has 2 aliphatic rings. The first-order valence-corrected chi connectivity index (χ1v) is 11.6. The van der Waals surface area contributed by atoms with E-state index < -0.39 is 23.0 Å². The number of hydrogen-bond donors (Lipinski definition) is 2. The van der Waals surface area contributed by atoms with E-state index in [4.69, 9.17) is 4.74 Å². The van der Waals surface area contributed by atoms with Gasteiger partial charge in [0.25, 0.3) is 11.6 Å². The Labute approximate surface area is 191 Å². The first kappa shape index (κ1) is 22.3. The summed E-state index contributed by atoms with van der Waals surface area (Å²) in [6, 6.07) is 9.11. The third kappa shape index (κ3) is 3.87. The second kappa shape index (κ2) is 8.92. The number of rotatable bonds is 8. The van der Waals surface area contributed by atoms with Crippen LogP contribution in [0.4, 0.5) is 0 Å². The van der Waals surface area contributed by atoms with E-state index in [2.05, 4.69) is 20.8 Å². The number of β-lactam (4-membered cyclic amide) rings is 1. The fourth-order valence-electron chi connectivity index (χ4n) is 3.58. The smallest absolute Gasteiger partial charge is 0.352 e. The Morgan fingerprint density at radius 1 is 1.38 bits per heavy atom. The van der Waals surface area contributed by atoms with Gasteiger partial charge in [0.05, 0.1) is 6.42 Å². The number of tetrazole rings is 1. The summed E-state index contributed by atoms with van der Waals surface area (Å²) in [6.07, 6.45) is 0.0753. The number of hydrogen-bond acceptors (Lipinski definition) is 9. The first-order chi connectivity index (χ1) is 15.4. The number of benzene rings is 1. The topological polar surface area (TPSA) is 140 Å². The molecular formula is C19H20N6O5S2. The lowest BCUT2D eigenvalue weighted by atomic mass is 9.98. The maximum Gasteiger partial charge on any atom is 0.352 e. The van der Waals surface area contributed by atoms with Crippen LogP contribution in [0.2, 0.25) is 0 Å². The van der Waals surface area contributed by atoms with Crippen molar-refractivity contribution in [2.45, 2.75) is 22.7 Å². The molecule has 1 unspecified atom stereocenters. The summed E-state index contributed by atoms with van der Waals surface area (Å²) in [5, 5.41) is 23.6. The van der Waals surface area contributed by atoms with Gasteiger partial charge in [0.2, 0.25) is 11.1 Å². The van der Waals surface area contributed by atoms with E-state index >= 15 is 0 Å². The number of aliphatic carboxylic acids is 1. The number of amides is 2. The second-order valence-corrected chi connectivity index (χ2v) is 9.13. The third-order valence-electron chi connectivity index (χ3n) is 5.12. The fourth-order valence-corrected chi connectivity index (χ4v) is 6.01. The van der Waals surface area contributed by atoms with E-state index in [9.17, 15) is 19.5 Å². The van der Waals surface area contributed by atoms with Gasteiger partial charge >= 0.3 is 5.97 Å². The van der Waals surface area contributed by atoms with Gasteiger partial charge in [0.15, 0.2) is 0 Å². The lowest BCUT2D eigenvalue weighted by Gasteiger charge is -2.55. The molecule has 168 valence electrons. The molecule has 2 aromatic rings. The molecule has 2 aliphatic heterocycles.